The summed E-state index contributed by atoms with van der Waals surface area (Å²) in [7, 11) is -4.03. The summed E-state index contributed by atoms with van der Waals surface area (Å²) in [4.78, 5) is -0.481. The fourth-order valence-corrected chi connectivity index (χ4v) is 2.95. The molecule has 0 heterocycles. The largest absolute Gasteiger partial charge is 0.392 e. The predicted octanol–water partition coefficient (Wildman–Crippen LogP) is 2.43. The second-order valence-corrected chi connectivity index (χ2v) is 6.05. The van der Waals surface area contributed by atoms with E-state index < -0.39 is 20.7 Å². The van der Waals surface area contributed by atoms with Crippen molar-refractivity contribution in [3.05, 3.63) is 59.4 Å². The molecule has 0 fully saturated rings. The van der Waals surface area contributed by atoms with Crippen LogP contribution in [0.1, 0.15) is 11.1 Å². The lowest BCUT2D eigenvalue weighted by atomic mass is 10.2. The molecule has 0 spiro atoms. The van der Waals surface area contributed by atoms with Crippen LogP contribution in [-0.4, -0.2) is 13.5 Å². The summed E-state index contributed by atoms with van der Waals surface area (Å²) in [5, 5.41) is 9.01. The number of aryl methyl sites for hydroxylation is 1. The Labute approximate surface area is 116 Å². The van der Waals surface area contributed by atoms with Crippen LogP contribution in [0.15, 0.2) is 47.4 Å². The molecule has 4 nitrogen and oxygen atoms in total. The minimum Gasteiger partial charge on any atom is -0.392 e. The molecule has 106 valence electrons. The maximum absolute atomic E-state index is 13.7. The van der Waals surface area contributed by atoms with Crippen LogP contribution in [0.5, 0.6) is 0 Å². The molecule has 0 bridgehead atoms. The zero-order chi connectivity index (χ0) is 14.8. The zero-order valence-electron chi connectivity index (χ0n) is 10.8. The van der Waals surface area contributed by atoms with Crippen LogP contribution < -0.4 is 4.72 Å². The van der Waals surface area contributed by atoms with Crippen molar-refractivity contribution in [2.75, 3.05) is 4.72 Å². The highest BCUT2D eigenvalue weighted by Crippen LogP contribution is 2.20. The first kappa shape index (κ1) is 14.5. The second-order valence-electron chi connectivity index (χ2n) is 4.40. The monoisotopic (exact) mass is 295 g/mol. The van der Waals surface area contributed by atoms with Gasteiger partial charge in [0.2, 0.25) is 0 Å². The van der Waals surface area contributed by atoms with E-state index in [2.05, 4.69) is 4.72 Å². The third-order valence-corrected chi connectivity index (χ3v) is 4.13. The van der Waals surface area contributed by atoms with E-state index in [9.17, 15) is 12.8 Å². The Morgan fingerprint density at radius 2 is 1.95 bits per heavy atom. The van der Waals surface area contributed by atoms with Gasteiger partial charge in [-0.2, -0.15) is 0 Å². The summed E-state index contributed by atoms with van der Waals surface area (Å²) >= 11 is 0. The maximum atomic E-state index is 13.7. The number of nitrogens with one attached hydrogen (secondary N) is 1. The molecular formula is C14H14FNO3S. The minimum absolute atomic E-state index is 0.330. The normalized spacial score (nSPS) is 11.3. The molecule has 2 rings (SSSR count). The molecule has 6 heteroatoms. The zero-order valence-corrected chi connectivity index (χ0v) is 11.6. The molecule has 2 aromatic rings. The van der Waals surface area contributed by atoms with Gasteiger partial charge in [-0.3, -0.25) is 4.72 Å². The quantitative estimate of drug-likeness (QED) is 0.910. The van der Waals surface area contributed by atoms with Crippen molar-refractivity contribution in [2.24, 2.45) is 0 Å². The third-order valence-electron chi connectivity index (χ3n) is 2.74. The molecule has 2 aromatic carbocycles. The first-order valence-corrected chi connectivity index (χ1v) is 7.39. The van der Waals surface area contributed by atoms with Crippen LogP contribution in [0, 0.1) is 12.7 Å². The number of sulfonamides is 1. The smallest absolute Gasteiger partial charge is 0.264 e. The average Bonchev–Trinajstić information content (AvgIpc) is 2.38. The first-order valence-electron chi connectivity index (χ1n) is 5.91. The van der Waals surface area contributed by atoms with Gasteiger partial charge in [-0.25, -0.2) is 12.8 Å². The summed E-state index contributed by atoms with van der Waals surface area (Å²) in [6.45, 7) is 1.47. The molecule has 0 aliphatic rings. The van der Waals surface area contributed by atoms with E-state index in [0.29, 0.717) is 11.3 Å². The van der Waals surface area contributed by atoms with Crippen molar-refractivity contribution in [1.29, 1.82) is 0 Å². The molecule has 2 N–H and O–H groups in total. The van der Waals surface area contributed by atoms with Crippen molar-refractivity contribution in [3.8, 4) is 0 Å². The second kappa shape index (κ2) is 5.60. The molecule has 0 aromatic heterocycles. The van der Waals surface area contributed by atoms with Crippen molar-refractivity contribution >= 4 is 15.7 Å². The number of aliphatic hydroxyl groups excluding tert-OH is 1. The van der Waals surface area contributed by atoms with Crippen LogP contribution >= 0.6 is 0 Å². The molecule has 0 atom stereocenters. The van der Waals surface area contributed by atoms with Gasteiger partial charge in [0.05, 0.1) is 6.61 Å². The van der Waals surface area contributed by atoms with Gasteiger partial charge in [-0.05, 0) is 42.3 Å². The van der Waals surface area contributed by atoms with Crippen molar-refractivity contribution in [3.63, 3.8) is 0 Å². The lowest BCUT2D eigenvalue weighted by Crippen LogP contribution is -2.15. The fraction of sp³-hybridized carbons (Fsp3) is 0.143. The Bertz CT molecular complexity index is 729. The number of rotatable bonds is 4. The molecule has 0 unspecified atom stereocenters. The molecule has 0 saturated carbocycles. The van der Waals surface area contributed by atoms with E-state index >= 15 is 0 Å². The molecule has 0 aliphatic heterocycles. The molecular weight excluding hydrogens is 281 g/mol. The van der Waals surface area contributed by atoms with Gasteiger partial charge in [0, 0.05) is 5.69 Å². The van der Waals surface area contributed by atoms with E-state index in [1.54, 1.807) is 18.2 Å². The van der Waals surface area contributed by atoms with Crippen LogP contribution in [0.25, 0.3) is 0 Å². The summed E-state index contributed by atoms with van der Waals surface area (Å²) in [6.07, 6.45) is 0. The van der Waals surface area contributed by atoms with Crippen molar-refractivity contribution < 1.29 is 17.9 Å². The van der Waals surface area contributed by atoms with Gasteiger partial charge >= 0.3 is 0 Å². The third kappa shape index (κ3) is 3.15. The van der Waals surface area contributed by atoms with Crippen LogP contribution in [0.3, 0.4) is 0 Å². The van der Waals surface area contributed by atoms with Crippen LogP contribution in [-0.2, 0) is 16.6 Å². The Balaban J connectivity index is 2.40. The summed E-state index contributed by atoms with van der Waals surface area (Å²) < 4.78 is 40.3. The lowest BCUT2D eigenvalue weighted by molar-refractivity contribution is 0.281. The average molecular weight is 295 g/mol. The predicted molar refractivity (Wildman–Crippen MR) is 74.3 cm³/mol. The number of hydrogen-bond acceptors (Lipinski definition) is 3. The summed E-state index contributed by atoms with van der Waals surface area (Å²) in [6, 6.07) is 10.2. The molecule has 0 saturated heterocycles. The van der Waals surface area contributed by atoms with E-state index in [0.717, 1.165) is 17.7 Å². The topological polar surface area (TPSA) is 66.4 Å². The molecule has 20 heavy (non-hydrogen) atoms. The Morgan fingerprint density at radius 3 is 2.60 bits per heavy atom. The van der Waals surface area contributed by atoms with Gasteiger partial charge in [0.1, 0.15) is 10.7 Å². The fourth-order valence-electron chi connectivity index (χ4n) is 1.77. The standard InChI is InChI=1S/C14H14FNO3S/c1-10-3-2-4-12(7-10)16-20(18,19)14-8-11(9-17)5-6-13(14)15/h2-8,16-17H,9H2,1H3. The highest BCUT2D eigenvalue weighted by atomic mass is 32.2. The van der Waals surface area contributed by atoms with Gasteiger partial charge in [-0.1, -0.05) is 18.2 Å². The van der Waals surface area contributed by atoms with E-state index in [1.165, 1.54) is 6.07 Å². The SMILES string of the molecule is Cc1cccc(NS(=O)(=O)c2cc(CO)ccc2F)c1. The van der Waals surface area contributed by atoms with E-state index in [1.807, 2.05) is 13.0 Å². The number of hydrogen-bond donors (Lipinski definition) is 2. The van der Waals surface area contributed by atoms with Gasteiger partial charge in [0.15, 0.2) is 0 Å². The van der Waals surface area contributed by atoms with Crippen LogP contribution in [0.4, 0.5) is 10.1 Å². The Kier molecular flexibility index (Phi) is 4.06. The number of halogens is 1. The number of benzene rings is 2. The van der Waals surface area contributed by atoms with Gasteiger partial charge in [-0.15, -0.1) is 0 Å². The van der Waals surface area contributed by atoms with E-state index in [-0.39, 0.29) is 6.61 Å². The maximum Gasteiger partial charge on any atom is 0.264 e. The molecule has 0 radical (unpaired) electrons. The highest BCUT2D eigenvalue weighted by molar-refractivity contribution is 7.92. The van der Waals surface area contributed by atoms with Gasteiger partial charge in [0.25, 0.3) is 10.0 Å². The van der Waals surface area contributed by atoms with Crippen molar-refractivity contribution in [2.45, 2.75) is 18.4 Å². The Morgan fingerprint density at radius 1 is 1.20 bits per heavy atom. The highest BCUT2D eigenvalue weighted by Gasteiger charge is 2.19. The Hall–Kier alpha value is -1.92. The minimum atomic E-state index is -4.03. The number of aliphatic hydroxyl groups is 1. The summed E-state index contributed by atoms with van der Waals surface area (Å²) in [5.41, 5.74) is 1.57. The molecule has 0 aliphatic carbocycles. The van der Waals surface area contributed by atoms with Crippen molar-refractivity contribution in [1.82, 2.24) is 0 Å². The lowest BCUT2D eigenvalue weighted by Gasteiger charge is -2.10. The van der Waals surface area contributed by atoms with E-state index in [4.69, 9.17) is 5.11 Å². The van der Waals surface area contributed by atoms with Crippen LogP contribution in [0.2, 0.25) is 0 Å². The first-order chi connectivity index (χ1) is 9.42. The molecule has 0 amide bonds. The van der Waals surface area contributed by atoms with Gasteiger partial charge < -0.3 is 5.11 Å². The number of anilines is 1. The summed E-state index contributed by atoms with van der Waals surface area (Å²) in [5.74, 6) is -0.859.